The summed E-state index contributed by atoms with van der Waals surface area (Å²) in [6, 6.07) is -1.11. The molecule has 2 aliphatic rings. The van der Waals surface area contributed by atoms with Gasteiger partial charge in [0.15, 0.2) is 0 Å². The maximum atomic E-state index is 13.0. The molecule has 4 atom stereocenters. The minimum atomic E-state index is -4.92. The third kappa shape index (κ3) is 6.13. The fraction of sp³-hybridized carbons (Fsp3) is 0.882. The second-order valence-electron chi connectivity index (χ2n) is 6.79. The first-order chi connectivity index (χ1) is 11.6. The van der Waals surface area contributed by atoms with E-state index >= 15 is 0 Å². The highest BCUT2D eigenvalue weighted by Crippen LogP contribution is 2.37. The molecular formula is C17H27ClF3NO3. The molecule has 1 amide bonds. The van der Waals surface area contributed by atoms with Crippen molar-refractivity contribution in [2.24, 2.45) is 11.8 Å². The number of carbonyl (C=O) groups is 2. The van der Waals surface area contributed by atoms with Crippen LogP contribution in [-0.4, -0.2) is 47.5 Å². The summed E-state index contributed by atoms with van der Waals surface area (Å²) in [6.45, 7) is 6.69. The predicted octanol–water partition coefficient (Wildman–Crippen LogP) is 4.15. The molecule has 0 aromatic carbocycles. The van der Waals surface area contributed by atoms with Gasteiger partial charge in [0.05, 0.1) is 6.61 Å². The van der Waals surface area contributed by atoms with E-state index in [1.165, 1.54) is 6.42 Å². The van der Waals surface area contributed by atoms with Crippen molar-refractivity contribution in [2.75, 3.05) is 13.2 Å². The van der Waals surface area contributed by atoms with Crippen LogP contribution in [0.3, 0.4) is 0 Å². The fourth-order valence-electron chi connectivity index (χ4n) is 3.43. The lowest BCUT2D eigenvalue weighted by molar-refractivity contribution is -0.194. The number of ether oxygens (including phenoxy) is 1. The molecular weight excluding hydrogens is 359 g/mol. The summed E-state index contributed by atoms with van der Waals surface area (Å²) in [6.07, 6.45) is -2.30. The molecule has 2 rings (SSSR count). The maximum Gasteiger partial charge on any atom is 0.471 e. The molecule has 2 fully saturated rings. The van der Waals surface area contributed by atoms with Crippen molar-refractivity contribution in [2.45, 2.75) is 71.1 Å². The summed E-state index contributed by atoms with van der Waals surface area (Å²) in [5.74, 6) is -2.46. The Balaban J connectivity index is 0.000000970. The van der Waals surface area contributed by atoms with Gasteiger partial charge in [0, 0.05) is 30.5 Å². The third-order valence-electron chi connectivity index (χ3n) is 4.55. The van der Waals surface area contributed by atoms with Crippen LogP contribution in [0.15, 0.2) is 0 Å². The Labute approximate surface area is 152 Å². The Morgan fingerprint density at radius 2 is 1.80 bits per heavy atom. The number of alkyl halides is 3. The summed E-state index contributed by atoms with van der Waals surface area (Å²) in [4.78, 5) is 24.1. The Kier molecular flexibility index (Phi) is 8.68. The van der Waals surface area contributed by atoms with Crippen molar-refractivity contribution in [3.05, 3.63) is 0 Å². The summed E-state index contributed by atoms with van der Waals surface area (Å²) in [7, 11) is 0. The Hall–Kier alpha value is -0.820. The molecule has 2 unspecified atom stereocenters. The van der Waals surface area contributed by atoms with Gasteiger partial charge in [-0.05, 0) is 37.3 Å². The lowest BCUT2D eigenvalue weighted by atomic mass is 9.93. The number of hydrogen-bond donors (Lipinski definition) is 0. The number of amides is 1. The maximum absolute atomic E-state index is 13.0. The standard InChI is InChI=1S/C14H19ClF3NO3.C3H8/c1-8-7-22-5-4-11(8)19(13(21)14(16,17)18)10-3-2-9(6-10)12(15)20;1-3-2/h8-11H,2-7H2,1H3;3H2,1-2H3/t8?,9-,10+,11?;/m0./s1. The summed E-state index contributed by atoms with van der Waals surface area (Å²) in [5.41, 5.74) is 0. The van der Waals surface area contributed by atoms with Crippen LogP contribution in [0, 0.1) is 11.8 Å². The first-order valence-electron chi connectivity index (χ1n) is 8.79. The first kappa shape index (κ1) is 22.2. The SMILES string of the molecule is CC1COCCC1N(C(=O)C(F)(F)F)[C@@H]1CC[C@H](C(=O)Cl)C1.CCC. The minimum absolute atomic E-state index is 0.175. The lowest BCUT2D eigenvalue weighted by Gasteiger charge is -2.42. The average molecular weight is 386 g/mol. The van der Waals surface area contributed by atoms with Crippen LogP contribution in [0.2, 0.25) is 0 Å². The Bertz CT molecular complexity index is 459. The van der Waals surface area contributed by atoms with Crippen LogP contribution in [0.4, 0.5) is 13.2 Å². The molecule has 146 valence electrons. The molecule has 0 aromatic rings. The molecule has 8 heteroatoms. The van der Waals surface area contributed by atoms with E-state index in [0.717, 1.165) is 4.90 Å². The van der Waals surface area contributed by atoms with E-state index < -0.39 is 35.3 Å². The second-order valence-corrected chi connectivity index (χ2v) is 7.17. The summed E-state index contributed by atoms with van der Waals surface area (Å²) in [5, 5.41) is -0.540. The molecule has 0 N–H and O–H groups in total. The van der Waals surface area contributed by atoms with Crippen molar-refractivity contribution in [1.82, 2.24) is 4.90 Å². The largest absolute Gasteiger partial charge is 0.471 e. The highest BCUT2D eigenvalue weighted by atomic mass is 35.5. The number of hydrogen-bond acceptors (Lipinski definition) is 3. The highest BCUT2D eigenvalue weighted by Gasteiger charge is 2.49. The molecule has 0 bridgehead atoms. The van der Waals surface area contributed by atoms with Gasteiger partial charge in [0.1, 0.15) is 0 Å². The Morgan fingerprint density at radius 1 is 1.20 bits per heavy atom. The quantitative estimate of drug-likeness (QED) is 0.685. The van der Waals surface area contributed by atoms with Crippen LogP contribution < -0.4 is 0 Å². The molecule has 1 aliphatic carbocycles. The van der Waals surface area contributed by atoms with Gasteiger partial charge in [-0.25, -0.2) is 0 Å². The van der Waals surface area contributed by atoms with Crippen LogP contribution in [0.5, 0.6) is 0 Å². The van der Waals surface area contributed by atoms with Gasteiger partial charge in [-0.1, -0.05) is 27.2 Å². The van der Waals surface area contributed by atoms with Crippen LogP contribution >= 0.6 is 11.6 Å². The molecule has 25 heavy (non-hydrogen) atoms. The van der Waals surface area contributed by atoms with Crippen LogP contribution in [-0.2, 0) is 14.3 Å². The lowest BCUT2D eigenvalue weighted by Crippen LogP contribution is -2.55. The number of rotatable bonds is 3. The average Bonchev–Trinajstić information content (AvgIpc) is 2.99. The van der Waals surface area contributed by atoms with E-state index in [9.17, 15) is 22.8 Å². The van der Waals surface area contributed by atoms with E-state index in [-0.39, 0.29) is 12.3 Å². The molecule has 0 spiro atoms. The second kappa shape index (κ2) is 9.76. The number of carbonyl (C=O) groups excluding carboxylic acids is 2. The van der Waals surface area contributed by atoms with Gasteiger partial charge >= 0.3 is 12.1 Å². The molecule has 0 aromatic heterocycles. The third-order valence-corrected chi connectivity index (χ3v) is 4.86. The fourth-order valence-corrected chi connectivity index (χ4v) is 3.63. The number of halogens is 4. The molecule has 4 nitrogen and oxygen atoms in total. The van der Waals surface area contributed by atoms with Gasteiger partial charge in [-0.2, -0.15) is 13.2 Å². The molecule has 1 saturated carbocycles. The monoisotopic (exact) mass is 385 g/mol. The first-order valence-corrected chi connectivity index (χ1v) is 9.17. The summed E-state index contributed by atoms with van der Waals surface area (Å²) >= 11 is 5.45. The van der Waals surface area contributed by atoms with Crippen molar-refractivity contribution < 1.29 is 27.5 Å². The van der Waals surface area contributed by atoms with Gasteiger partial charge in [0.2, 0.25) is 5.24 Å². The molecule has 0 radical (unpaired) electrons. The smallest absolute Gasteiger partial charge is 0.381 e. The van der Waals surface area contributed by atoms with Gasteiger partial charge in [-0.3, -0.25) is 9.59 Å². The van der Waals surface area contributed by atoms with E-state index in [2.05, 4.69) is 13.8 Å². The van der Waals surface area contributed by atoms with E-state index in [4.69, 9.17) is 16.3 Å². The zero-order chi connectivity index (χ0) is 19.2. The van der Waals surface area contributed by atoms with Crippen molar-refractivity contribution in [3.8, 4) is 0 Å². The van der Waals surface area contributed by atoms with Gasteiger partial charge in [-0.15, -0.1) is 0 Å². The normalized spacial score (nSPS) is 29.6. The molecule has 1 aliphatic heterocycles. The topological polar surface area (TPSA) is 46.6 Å². The van der Waals surface area contributed by atoms with E-state index in [1.54, 1.807) is 6.92 Å². The van der Waals surface area contributed by atoms with E-state index in [0.29, 0.717) is 32.5 Å². The minimum Gasteiger partial charge on any atom is -0.381 e. The van der Waals surface area contributed by atoms with Crippen molar-refractivity contribution in [1.29, 1.82) is 0 Å². The van der Waals surface area contributed by atoms with E-state index in [1.807, 2.05) is 0 Å². The predicted molar refractivity (Wildman–Crippen MR) is 89.2 cm³/mol. The molecule has 1 saturated heterocycles. The Morgan fingerprint density at radius 3 is 2.24 bits per heavy atom. The van der Waals surface area contributed by atoms with Gasteiger partial charge in [0.25, 0.3) is 0 Å². The van der Waals surface area contributed by atoms with Crippen molar-refractivity contribution >= 4 is 22.8 Å². The highest BCUT2D eigenvalue weighted by molar-refractivity contribution is 6.64. The zero-order valence-corrected chi connectivity index (χ0v) is 15.7. The molecule has 1 heterocycles. The van der Waals surface area contributed by atoms with Crippen LogP contribution in [0.25, 0.3) is 0 Å². The van der Waals surface area contributed by atoms with Crippen molar-refractivity contribution in [3.63, 3.8) is 0 Å². The summed E-state index contributed by atoms with van der Waals surface area (Å²) < 4.78 is 44.2. The van der Waals surface area contributed by atoms with Crippen LogP contribution in [0.1, 0.15) is 52.9 Å². The number of nitrogens with zero attached hydrogens (tertiary/aromatic N) is 1. The zero-order valence-electron chi connectivity index (χ0n) is 14.9. The van der Waals surface area contributed by atoms with Gasteiger partial charge < -0.3 is 9.64 Å².